The predicted molar refractivity (Wildman–Crippen MR) is 114 cm³/mol. The molecule has 0 saturated carbocycles. The number of piperidine rings is 1. The molecule has 2 amide bonds. The van der Waals surface area contributed by atoms with Crippen LogP contribution >= 0.6 is 11.3 Å². The van der Waals surface area contributed by atoms with Crippen LogP contribution in [0.3, 0.4) is 0 Å². The molecule has 1 unspecified atom stereocenters. The first kappa shape index (κ1) is 20.6. The normalized spacial score (nSPS) is 19.1. The van der Waals surface area contributed by atoms with E-state index >= 15 is 0 Å². The van der Waals surface area contributed by atoms with E-state index in [-0.39, 0.29) is 36.4 Å². The van der Waals surface area contributed by atoms with Gasteiger partial charge in [0, 0.05) is 13.1 Å². The molecule has 7 heteroatoms. The van der Waals surface area contributed by atoms with Crippen LogP contribution in [0.2, 0.25) is 0 Å². The summed E-state index contributed by atoms with van der Waals surface area (Å²) in [6, 6.07) is 11.8. The zero-order valence-corrected chi connectivity index (χ0v) is 17.7. The molecule has 1 N–H and O–H groups in total. The average molecular weight is 427 g/mol. The van der Waals surface area contributed by atoms with Crippen molar-refractivity contribution in [2.45, 2.75) is 38.1 Å². The minimum Gasteiger partial charge on any atom is -0.455 e. The number of benzene rings is 1. The van der Waals surface area contributed by atoms with Crippen molar-refractivity contribution in [3.05, 3.63) is 57.8 Å². The Kier molecular flexibility index (Phi) is 6.47. The SMILES string of the molecule is O=C(COC(=O)C1CCN(C(=O)c2cccs2)CC1)NC1CCCc2ccccc21. The number of carbonyl (C=O) groups excluding carboxylic acids is 3. The quantitative estimate of drug-likeness (QED) is 0.744. The van der Waals surface area contributed by atoms with Crippen molar-refractivity contribution in [3.63, 3.8) is 0 Å². The van der Waals surface area contributed by atoms with Gasteiger partial charge in [0.15, 0.2) is 6.61 Å². The average Bonchev–Trinajstić information content (AvgIpc) is 3.32. The summed E-state index contributed by atoms with van der Waals surface area (Å²) in [6.45, 7) is 0.801. The summed E-state index contributed by atoms with van der Waals surface area (Å²) in [4.78, 5) is 39.6. The lowest BCUT2D eigenvalue weighted by atomic mass is 9.88. The number of rotatable bonds is 5. The number of aryl methyl sites for hydroxylation is 1. The van der Waals surface area contributed by atoms with Gasteiger partial charge in [-0.2, -0.15) is 0 Å². The Bertz CT molecular complexity index is 904. The van der Waals surface area contributed by atoms with E-state index in [0.29, 0.717) is 25.9 Å². The van der Waals surface area contributed by atoms with E-state index in [1.807, 2.05) is 29.6 Å². The summed E-state index contributed by atoms with van der Waals surface area (Å²) < 4.78 is 5.29. The Labute approximate surface area is 180 Å². The van der Waals surface area contributed by atoms with Gasteiger partial charge in [-0.15, -0.1) is 11.3 Å². The highest BCUT2D eigenvalue weighted by molar-refractivity contribution is 7.12. The fraction of sp³-hybridized carbons (Fsp3) is 0.435. The number of thiophene rings is 1. The topological polar surface area (TPSA) is 75.7 Å². The lowest BCUT2D eigenvalue weighted by Crippen LogP contribution is -2.41. The van der Waals surface area contributed by atoms with Crippen LogP contribution in [0.25, 0.3) is 0 Å². The van der Waals surface area contributed by atoms with Crippen molar-refractivity contribution < 1.29 is 19.1 Å². The van der Waals surface area contributed by atoms with Crippen LogP contribution in [0.4, 0.5) is 0 Å². The van der Waals surface area contributed by atoms with E-state index in [4.69, 9.17) is 4.74 Å². The molecule has 2 aromatic rings. The molecular formula is C23H26N2O4S. The van der Waals surface area contributed by atoms with Gasteiger partial charge in [-0.1, -0.05) is 30.3 Å². The summed E-state index contributed by atoms with van der Waals surface area (Å²) in [6.07, 6.45) is 4.09. The maximum absolute atomic E-state index is 12.4. The molecule has 30 heavy (non-hydrogen) atoms. The molecule has 6 nitrogen and oxygen atoms in total. The van der Waals surface area contributed by atoms with Gasteiger partial charge in [0.2, 0.25) is 0 Å². The van der Waals surface area contributed by atoms with Crippen LogP contribution in [0.15, 0.2) is 41.8 Å². The maximum atomic E-state index is 12.4. The molecule has 0 spiro atoms. The van der Waals surface area contributed by atoms with Crippen molar-refractivity contribution in [3.8, 4) is 0 Å². The second-order valence-electron chi connectivity index (χ2n) is 7.86. The van der Waals surface area contributed by atoms with Gasteiger partial charge < -0.3 is 15.0 Å². The molecule has 1 aromatic heterocycles. The minimum atomic E-state index is -0.350. The van der Waals surface area contributed by atoms with E-state index in [9.17, 15) is 14.4 Å². The summed E-state index contributed by atoms with van der Waals surface area (Å²) in [5.41, 5.74) is 2.43. The highest BCUT2D eigenvalue weighted by Crippen LogP contribution is 2.29. The minimum absolute atomic E-state index is 0.0176. The smallest absolute Gasteiger partial charge is 0.309 e. The Morgan fingerprint density at radius 1 is 1.07 bits per heavy atom. The number of nitrogens with one attached hydrogen (secondary N) is 1. The van der Waals surface area contributed by atoms with Crippen molar-refractivity contribution >= 4 is 29.1 Å². The second-order valence-corrected chi connectivity index (χ2v) is 8.81. The highest BCUT2D eigenvalue weighted by Gasteiger charge is 2.30. The third kappa shape index (κ3) is 4.73. The third-order valence-electron chi connectivity index (χ3n) is 5.90. The molecule has 1 aromatic carbocycles. The zero-order chi connectivity index (χ0) is 20.9. The Morgan fingerprint density at radius 3 is 2.63 bits per heavy atom. The number of hydrogen-bond acceptors (Lipinski definition) is 5. The molecule has 4 rings (SSSR count). The van der Waals surface area contributed by atoms with Crippen molar-refractivity contribution in [2.24, 2.45) is 5.92 Å². The third-order valence-corrected chi connectivity index (χ3v) is 6.76. The van der Waals surface area contributed by atoms with E-state index in [1.54, 1.807) is 4.90 Å². The number of fused-ring (bicyclic) bond motifs is 1. The monoisotopic (exact) mass is 426 g/mol. The van der Waals surface area contributed by atoms with Gasteiger partial charge in [-0.25, -0.2) is 0 Å². The van der Waals surface area contributed by atoms with Crippen molar-refractivity contribution in [1.29, 1.82) is 0 Å². The van der Waals surface area contributed by atoms with Gasteiger partial charge in [-0.05, 0) is 54.7 Å². The lowest BCUT2D eigenvalue weighted by Gasteiger charge is -2.30. The summed E-state index contributed by atoms with van der Waals surface area (Å²) in [7, 11) is 0. The number of hydrogen-bond donors (Lipinski definition) is 1. The zero-order valence-electron chi connectivity index (χ0n) is 16.8. The molecular weight excluding hydrogens is 400 g/mol. The van der Waals surface area contributed by atoms with E-state index in [0.717, 1.165) is 29.7 Å². The fourth-order valence-electron chi connectivity index (χ4n) is 4.27. The number of likely N-dealkylation sites (tertiary alicyclic amines) is 1. The van der Waals surface area contributed by atoms with Crippen LogP contribution in [0.1, 0.15) is 52.5 Å². The van der Waals surface area contributed by atoms with Gasteiger partial charge in [0.05, 0.1) is 16.8 Å². The fourth-order valence-corrected chi connectivity index (χ4v) is 4.96. The molecule has 1 atom stereocenters. The molecule has 0 bridgehead atoms. The number of amides is 2. The van der Waals surface area contributed by atoms with Gasteiger partial charge in [-0.3, -0.25) is 14.4 Å². The molecule has 1 fully saturated rings. The molecule has 0 radical (unpaired) electrons. The summed E-state index contributed by atoms with van der Waals surface area (Å²) in [5.74, 6) is -0.864. The van der Waals surface area contributed by atoms with Gasteiger partial charge in [0.1, 0.15) is 0 Å². The van der Waals surface area contributed by atoms with E-state index in [2.05, 4.69) is 17.4 Å². The standard InChI is InChI=1S/C23H26N2O4S/c26-21(24-19-8-3-6-16-5-1-2-7-18(16)19)15-29-23(28)17-10-12-25(13-11-17)22(27)20-9-4-14-30-20/h1-2,4-5,7,9,14,17,19H,3,6,8,10-13,15H2,(H,24,26). The number of esters is 1. The molecule has 2 aliphatic rings. The molecule has 2 heterocycles. The maximum Gasteiger partial charge on any atom is 0.309 e. The predicted octanol–water partition coefficient (Wildman–Crippen LogP) is 3.34. The Balaban J connectivity index is 1.22. The van der Waals surface area contributed by atoms with Gasteiger partial charge >= 0.3 is 5.97 Å². The first-order chi connectivity index (χ1) is 14.6. The molecule has 1 saturated heterocycles. The van der Waals surface area contributed by atoms with Crippen LogP contribution in [0, 0.1) is 5.92 Å². The molecule has 1 aliphatic carbocycles. The van der Waals surface area contributed by atoms with E-state index in [1.165, 1.54) is 16.9 Å². The van der Waals surface area contributed by atoms with E-state index < -0.39 is 0 Å². The lowest BCUT2D eigenvalue weighted by molar-refractivity contribution is -0.154. The number of ether oxygens (including phenoxy) is 1. The first-order valence-corrected chi connectivity index (χ1v) is 11.4. The van der Waals surface area contributed by atoms with Crippen molar-refractivity contribution in [2.75, 3.05) is 19.7 Å². The molecule has 1 aliphatic heterocycles. The van der Waals surface area contributed by atoms with Crippen LogP contribution in [0.5, 0.6) is 0 Å². The van der Waals surface area contributed by atoms with Gasteiger partial charge in [0.25, 0.3) is 11.8 Å². The highest BCUT2D eigenvalue weighted by atomic mass is 32.1. The van der Waals surface area contributed by atoms with Crippen LogP contribution in [-0.2, 0) is 20.7 Å². The summed E-state index contributed by atoms with van der Waals surface area (Å²) >= 11 is 1.43. The van der Waals surface area contributed by atoms with Crippen molar-refractivity contribution in [1.82, 2.24) is 10.2 Å². The van der Waals surface area contributed by atoms with Crippen LogP contribution < -0.4 is 5.32 Å². The Morgan fingerprint density at radius 2 is 1.87 bits per heavy atom. The molecule has 158 valence electrons. The summed E-state index contributed by atoms with van der Waals surface area (Å²) in [5, 5.41) is 4.89. The first-order valence-electron chi connectivity index (χ1n) is 10.5. The number of carbonyl (C=O) groups is 3. The second kappa shape index (κ2) is 9.43. The Hall–Kier alpha value is -2.67. The largest absolute Gasteiger partial charge is 0.455 e. The van der Waals surface area contributed by atoms with Crippen LogP contribution in [-0.4, -0.2) is 42.4 Å². The number of nitrogens with zero attached hydrogens (tertiary/aromatic N) is 1.